The smallest absolute Gasteiger partial charge is 0.407 e. The van der Waals surface area contributed by atoms with Gasteiger partial charge in [-0.15, -0.1) is 0 Å². The zero-order chi connectivity index (χ0) is 23.0. The van der Waals surface area contributed by atoms with Crippen LogP contribution in [0.25, 0.3) is 11.1 Å². The van der Waals surface area contributed by atoms with E-state index in [0.29, 0.717) is 6.54 Å². The second-order valence-electron chi connectivity index (χ2n) is 8.25. The summed E-state index contributed by atoms with van der Waals surface area (Å²) in [5.41, 5.74) is 5.72. The third-order valence-electron chi connectivity index (χ3n) is 5.78. The fourth-order valence-corrected chi connectivity index (χ4v) is 4.15. The Balaban J connectivity index is 1.18. The number of alkyl carbamates (subject to hydrolysis) is 1. The summed E-state index contributed by atoms with van der Waals surface area (Å²) < 4.78 is 10.8. The van der Waals surface area contributed by atoms with Crippen molar-refractivity contribution >= 4 is 12.1 Å². The molecule has 3 aromatic carbocycles. The van der Waals surface area contributed by atoms with Crippen LogP contribution in [0, 0.1) is 0 Å². The Morgan fingerprint density at radius 2 is 1.48 bits per heavy atom. The SMILES string of the molecule is CC(C[NH2+]CC(=O)OCc1ccccc1)NC(=O)OCC1c2ccccc2-c2ccccc21. The van der Waals surface area contributed by atoms with Crippen LogP contribution in [0.5, 0.6) is 0 Å². The number of hydrogen-bond acceptors (Lipinski definition) is 4. The summed E-state index contributed by atoms with van der Waals surface area (Å²) in [4.78, 5) is 24.3. The minimum atomic E-state index is -0.454. The lowest BCUT2D eigenvalue weighted by Gasteiger charge is -2.16. The van der Waals surface area contributed by atoms with E-state index in [2.05, 4.69) is 29.6 Å². The van der Waals surface area contributed by atoms with Crippen molar-refractivity contribution in [3.8, 4) is 11.1 Å². The Hall–Kier alpha value is -3.64. The summed E-state index contributed by atoms with van der Waals surface area (Å²) in [5, 5.41) is 4.66. The van der Waals surface area contributed by atoms with E-state index in [1.54, 1.807) is 0 Å². The van der Waals surface area contributed by atoms with E-state index in [4.69, 9.17) is 9.47 Å². The highest BCUT2D eigenvalue weighted by Crippen LogP contribution is 2.44. The minimum Gasteiger partial charge on any atom is -0.457 e. The Kier molecular flexibility index (Phi) is 7.37. The standard InChI is InChI=1S/C27H28N2O4/c1-19(15-28-16-26(30)32-17-20-9-3-2-4-10-20)29-27(31)33-18-25-23-13-7-5-11-21(23)22-12-6-8-14-24(22)25/h2-14,19,25,28H,15-18H2,1H3,(H,29,31)/p+1. The second kappa shape index (κ2) is 10.8. The van der Waals surface area contributed by atoms with Gasteiger partial charge in [-0.25, -0.2) is 9.59 Å². The number of carbonyl (C=O) groups excluding carboxylic acids is 2. The third kappa shape index (κ3) is 5.79. The molecule has 1 atom stereocenters. The van der Waals surface area contributed by atoms with Crippen LogP contribution in [-0.2, 0) is 20.9 Å². The van der Waals surface area contributed by atoms with E-state index in [1.807, 2.05) is 66.8 Å². The van der Waals surface area contributed by atoms with Crippen molar-refractivity contribution in [1.29, 1.82) is 0 Å². The molecule has 6 heteroatoms. The molecule has 4 rings (SSSR count). The molecule has 1 aliphatic carbocycles. The molecule has 0 saturated carbocycles. The molecule has 0 spiro atoms. The Morgan fingerprint density at radius 1 is 0.879 bits per heavy atom. The van der Waals surface area contributed by atoms with E-state index in [0.717, 1.165) is 5.56 Å². The topological polar surface area (TPSA) is 81.2 Å². The minimum absolute atomic E-state index is 0.0319. The number of ether oxygens (including phenoxy) is 2. The molecule has 1 aliphatic rings. The molecule has 170 valence electrons. The maximum absolute atomic E-state index is 12.4. The molecule has 1 unspecified atom stereocenters. The van der Waals surface area contributed by atoms with Crippen molar-refractivity contribution in [2.75, 3.05) is 19.7 Å². The number of esters is 1. The molecule has 0 saturated heterocycles. The molecule has 0 aromatic heterocycles. The number of carbonyl (C=O) groups is 2. The van der Waals surface area contributed by atoms with Gasteiger partial charge in [-0.2, -0.15) is 0 Å². The maximum Gasteiger partial charge on any atom is 0.407 e. The van der Waals surface area contributed by atoms with Gasteiger partial charge in [0.15, 0.2) is 6.54 Å². The Morgan fingerprint density at radius 3 is 2.15 bits per heavy atom. The first-order valence-corrected chi connectivity index (χ1v) is 11.2. The van der Waals surface area contributed by atoms with E-state index in [-0.39, 0.29) is 37.7 Å². The number of quaternary nitrogens is 1. The number of fused-ring (bicyclic) bond motifs is 3. The molecule has 0 radical (unpaired) electrons. The lowest BCUT2D eigenvalue weighted by molar-refractivity contribution is -0.647. The molecule has 0 aliphatic heterocycles. The van der Waals surface area contributed by atoms with Crippen molar-refractivity contribution in [1.82, 2.24) is 5.32 Å². The van der Waals surface area contributed by atoms with E-state index in [9.17, 15) is 9.59 Å². The van der Waals surface area contributed by atoms with Crippen LogP contribution < -0.4 is 10.6 Å². The summed E-state index contributed by atoms with van der Waals surface area (Å²) in [6.45, 7) is 3.17. The van der Waals surface area contributed by atoms with Crippen LogP contribution >= 0.6 is 0 Å². The van der Waals surface area contributed by atoms with Crippen LogP contribution in [0.4, 0.5) is 4.79 Å². The van der Waals surface area contributed by atoms with Crippen molar-refractivity contribution in [2.45, 2.75) is 25.5 Å². The van der Waals surface area contributed by atoms with Gasteiger partial charge in [-0.1, -0.05) is 78.9 Å². The summed E-state index contributed by atoms with van der Waals surface area (Å²) in [7, 11) is 0. The monoisotopic (exact) mass is 445 g/mol. The summed E-state index contributed by atoms with van der Waals surface area (Å²) in [6.07, 6.45) is -0.454. The summed E-state index contributed by atoms with van der Waals surface area (Å²) in [6, 6.07) is 25.9. The van der Waals surface area contributed by atoms with Crippen molar-refractivity contribution in [3.63, 3.8) is 0 Å². The average molecular weight is 446 g/mol. The maximum atomic E-state index is 12.4. The molecular weight excluding hydrogens is 416 g/mol. The number of nitrogens with two attached hydrogens (primary N) is 1. The predicted molar refractivity (Wildman–Crippen MR) is 126 cm³/mol. The van der Waals surface area contributed by atoms with Gasteiger partial charge in [0.1, 0.15) is 13.2 Å². The normalized spacial score (nSPS) is 13.0. The molecule has 1 amide bonds. The van der Waals surface area contributed by atoms with Gasteiger partial charge in [0.25, 0.3) is 0 Å². The van der Waals surface area contributed by atoms with Gasteiger partial charge in [-0.05, 0) is 34.7 Å². The van der Waals surface area contributed by atoms with Crippen LogP contribution in [0.15, 0.2) is 78.9 Å². The zero-order valence-corrected chi connectivity index (χ0v) is 18.7. The largest absolute Gasteiger partial charge is 0.457 e. The highest BCUT2D eigenvalue weighted by Gasteiger charge is 2.29. The fourth-order valence-electron chi connectivity index (χ4n) is 4.15. The fraction of sp³-hybridized carbons (Fsp3) is 0.259. The molecule has 0 heterocycles. The van der Waals surface area contributed by atoms with Gasteiger partial charge in [-0.3, -0.25) is 0 Å². The second-order valence-corrected chi connectivity index (χ2v) is 8.25. The molecule has 6 nitrogen and oxygen atoms in total. The van der Waals surface area contributed by atoms with Crippen molar-refractivity contribution in [2.24, 2.45) is 0 Å². The molecule has 0 bridgehead atoms. The molecule has 0 fully saturated rings. The predicted octanol–water partition coefficient (Wildman–Crippen LogP) is 3.22. The van der Waals surface area contributed by atoms with Crippen LogP contribution in [0.3, 0.4) is 0 Å². The van der Waals surface area contributed by atoms with Gasteiger partial charge in [0.05, 0.1) is 12.6 Å². The first-order chi connectivity index (χ1) is 16.1. The van der Waals surface area contributed by atoms with Gasteiger partial charge in [0, 0.05) is 5.92 Å². The number of benzene rings is 3. The number of rotatable bonds is 9. The van der Waals surface area contributed by atoms with Gasteiger partial charge in [0.2, 0.25) is 0 Å². The van der Waals surface area contributed by atoms with Crippen molar-refractivity contribution in [3.05, 3.63) is 95.6 Å². The molecule has 3 aromatic rings. The summed E-state index contributed by atoms with van der Waals surface area (Å²) >= 11 is 0. The van der Waals surface area contributed by atoms with E-state index in [1.165, 1.54) is 22.3 Å². The zero-order valence-electron chi connectivity index (χ0n) is 18.7. The summed E-state index contributed by atoms with van der Waals surface area (Å²) in [5.74, 6) is -0.253. The van der Waals surface area contributed by atoms with Crippen LogP contribution in [0.2, 0.25) is 0 Å². The first kappa shape index (κ1) is 22.6. The lowest BCUT2D eigenvalue weighted by atomic mass is 9.98. The van der Waals surface area contributed by atoms with E-state index >= 15 is 0 Å². The van der Waals surface area contributed by atoms with Crippen LogP contribution in [-0.4, -0.2) is 37.8 Å². The van der Waals surface area contributed by atoms with Crippen LogP contribution in [0.1, 0.15) is 29.5 Å². The lowest BCUT2D eigenvalue weighted by Crippen LogP contribution is -2.88. The Bertz CT molecular complexity index is 1050. The Labute approximate surface area is 193 Å². The number of nitrogens with one attached hydrogen (secondary N) is 1. The molecule has 33 heavy (non-hydrogen) atoms. The molecule has 3 N–H and O–H groups in total. The van der Waals surface area contributed by atoms with Gasteiger partial charge >= 0.3 is 12.1 Å². The highest BCUT2D eigenvalue weighted by atomic mass is 16.5. The van der Waals surface area contributed by atoms with Crippen molar-refractivity contribution < 1.29 is 24.4 Å². The quantitative estimate of drug-likeness (QED) is 0.496. The van der Waals surface area contributed by atoms with Gasteiger partial charge < -0.3 is 20.1 Å². The third-order valence-corrected chi connectivity index (χ3v) is 5.78. The van der Waals surface area contributed by atoms with E-state index < -0.39 is 6.09 Å². The number of amides is 1. The highest BCUT2D eigenvalue weighted by molar-refractivity contribution is 5.79. The average Bonchev–Trinajstić information content (AvgIpc) is 3.16. The first-order valence-electron chi connectivity index (χ1n) is 11.2. The molecular formula is C27H29N2O4+. The number of hydrogen-bond donors (Lipinski definition) is 2.